The third-order valence-electron chi connectivity index (χ3n) is 3.38. The Morgan fingerprint density at radius 1 is 1.38 bits per heavy atom. The fraction of sp³-hybridized carbons (Fsp3) is 0.692. The second kappa shape index (κ2) is 5.51. The van der Waals surface area contributed by atoms with Crippen LogP contribution in [0.1, 0.15) is 24.9 Å². The maximum Gasteiger partial charge on any atom is 0.104 e. The lowest BCUT2D eigenvalue weighted by Crippen LogP contribution is -2.47. The highest BCUT2D eigenvalue weighted by molar-refractivity contribution is 5.05. The Kier molecular flexibility index (Phi) is 4.02. The summed E-state index contributed by atoms with van der Waals surface area (Å²) in [5, 5.41) is 3.39. The zero-order valence-corrected chi connectivity index (χ0v) is 10.3. The number of rotatable bonds is 4. The Morgan fingerprint density at radius 3 is 2.75 bits per heavy atom. The van der Waals surface area contributed by atoms with Gasteiger partial charge in [0.1, 0.15) is 11.5 Å². The van der Waals surface area contributed by atoms with Gasteiger partial charge in [0.2, 0.25) is 0 Å². The Balaban J connectivity index is 1.76. The van der Waals surface area contributed by atoms with Gasteiger partial charge >= 0.3 is 0 Å². The van der Waals surface area contributed by atoms with Gasteiger partial charge < -0.3 is 9.73 Å². The lowest BCUT2D eigenvalue weighted by Gasteiger charge is -2.32. The molecule has 1 aliphatic heterocycles. The quantitative estimate of drug-likeness (QED) is 0.842. The topological polar surface area (TPSA) is 28.4 Å². The molecule has 1 aromatic rings. The van der Waals surface area contributed by atoms with E-state index in [1.54, 1.807) is 0 Å². The van der Waals surface area contributed by atoms with Crippen LogP contribution in [0.2, 0.25) is 0 Å². The first-order chi connectivity index (χ1) is 7.75. The van der Waals surface area contributed by atoms with Crippen molar-refractivity contribution in [1.82, 2.24) is 10.2 Å². The number of hydrogen-bond acceptors (Lipinski definition) is 3. The van der Waals surface area contributed by atoms with Crippen LogP contribution < -0.4 is 5.32 Å². The summed E-state index contributed by atoms with van der Waals surface area (Å²) >= 11 is 0. The van der Waals surface area contributed by atoms with Gasteiger partial charge in [-0.3, -0.25) is 4.90 Å². The average Bonchev–Trinajstić information content (AvgIpc) is 2.73. The first-order valence-corrected chi connectivity index (χ1v) is 6.26. The van der Waals surface area contributed by atoms with E-state index in [1.807, 2.05) is 13.0 Å². The summed E-state index contributed by atoms with van der Waals surface area (Å²) in [5.74, 6) is 2.14. The highest BCUT2D eigenvalue weighted by atomic mass is 16.3. The van der Waals surface area contributed by atoms with Crippen molar-refractivity contribution in [1.29, 1.82) is 0 Å². The molecule has 1 aromatic heterocycles. The molecule has 1 aliphatic rings. The summed E-state index contributed by atoms with van der Waals surface area (Å²) in [5.41, 5.74) is 0. The molecule has 3 nitrogen and oxygen atoms in total. The summed E-state index contributed by atoms with van der Waals surface area (Å²) in [7, 11) is 0. The van der Waals surface area contributed by atoms with Gasteiger partial charge in [0, 0.05) is 38.6 Å². The number of hydrogen-bond donors (Lipinski definition) is 1. The molecule has 1 atom stereocenters. The number of nitrogens with zero attached hydrogens (tertiary/aromatic N) is 1. The maximum atomic E-state index is 5.59. The van der Waals surface area contributed by atoms with Crippen molar-refractivity contribution >= 4 is 0 Å². The van der Waals surface area contributed by atoms with Gasteiger partial charge in [-0.05, 0) is 32.4 Å². The van der Waals surface area contributed by atoms with E-state index in [0.717, 1.165) is 31.0 Å². The predicted octanol–water partition coefficient (Wildman–Crippen LogP) is 1.81. The third-order valence-corrected chi connectivity index (χ3v) is 3.38. The van der Waals surface area contributed by atoms with Gasteiger partial charge in [0.05, 0.1) is 0 Å². The van der Waals surface area contributed by atoms with Crippen LogP contribution in [0, 0.1) is 6.92 Å². The van der Waals surface area contributed by atoms with Crippen molar-refractivity contribution < 1.29 is 4.42 Å². The minimum atomic E-state index is 0.660. The Morgan fingerprint density at radius 2 is 2.12 bits per heavy atom. The molecule has 90 valence electrons. The average molecular weight is 222 g/mol. The van der Waals surface area contributed by atoms with Gasteiger partial charge in [0.15, 0.2) is 0 Å². The summed E-state index contributed by atoms with van der Waals surface area (Å²) < 4.78 is 5.59. The molecule has 0 aromatic carbocycles. The van der Waals surface area contributed by atoms with Gasteiger partial charge in [0.25, 0.3) is 0 Å². The van der Waals surface area contributed by atoms with E-state index in [2.05, 4.69) is 23.2 Å². The molecule has 3 heteroatoms. The fourth-order valence-corrected chi connectivity index (χ4v) is 2.28. The van der Waals surface area contributed by atoms with E-state index in [-0.39, 0.29) is 0 Å². The Bertz CT molecular complexity index is 315. The van der Waals surface area contributed by atoms with Crippen molar-refractivity contribution in [2.24, 2.45) is 0 Å². The van der Waals surface area contributed by atoms with Crippen molar-refractivity contribution in [2.75, 3.05) is 26.2 Å². The molecule has 1 N–H and O–H groups in total. The zero-order chi connectivity index (χ0) is 11.4. The van der Waals surface area contributed by atoms with Gasteiger partial charge in [-0.2, -0.15) is 0 Å². The van der Waals surface area contributed by atoms with E-state index in [4.69, 9.17) is 4.42 Å². The molecule has 1 fully saturated rings. The van der Waals surface area contributed by atoms with Crippen LogP contribution in [0.25, 0.3) is 0 Å². The van der Waals surface area contributed by atoms with E-state index in [9.17, 15) is 0 Å². The monoisotopic (exact) mass is 222 g/mol. The van der Waals surface area contributed by atoms with Crippen LogP contribution in [-0.4, -0.2) is 37.1 Å². The number of nitrogens with one attached hydrogen (secondary N) is 1. The van der Waals surface area contributed by atoms with Crippen molar-refractivity contribution in [3.63, 3.8) is 0 Å². The lowest BCUT2D eigenvalue weighted by molar-refractivity contribution is 0.175. The lowest BCUT2D eigenvalue weighted by atomic mass is 10.1. The van der Waals surface area contributed by atoms with Crippen molar-refractivity contribution in [3.05, 3.63) is 23.7 Å². The minimum Gasteiger partial charge on any atom is -0.466 e. The van der Waals surface area contributed by atoms with E-state index in [1.165, 1.54) is 19.5 Å². The molecule has 0 bridgehead atoms. The van der Waals surface area contributed by atoms with Gasteiger partial charge in [-0.15, -0.1) is 0 Å². The molecule has 2 rings (SSSR count). The van der Waals surface area contributed by atoms with E-state index >= 15 is 0 Å². The first kappa shape index (κ1) is 11.7. The molecule has 16 heavy (non-hydrogen) atoms. The highest BCUT2D eigenvalue weighted by Gasteiger charge is 2.16. The maximum absolute atomic E-state index is 5.59. The second-order valence-corrected chi connectivity index (χ2v) is 4.69. The fourth-order valence-electron chi connectivity index (χ4n) is 2.28. The van der Waals surface area contributed by atoms with E-state index < -0.39 is 0 Å². The summed E-state index contributed by atoms with van der Waals surface area (Å²) in [6.45, 7) is 8.94. The molecule has 0 aliphatic carbocycles. The normalized spacial score (nSPS) is 19.9. The van der Waals surface area contributed by atoms with Crippen LogP contribution in [0.4, 0.5) is 0 Å². The predicted molar refractivity (Wildman–Crippen MR) is 65.7 cm³/mol. The molecule has 1 saturated heterocycles. The first-order valence-electron chi connectivity index (χ1n) is 6.26. The zero-order valence-electron chi connectivity index (χ0n) is 10.3. The molecule has 0 saturated carbocycles. The number of aryl methyl sites for hydroxylation is 2. The summed E-state index contributed by atoms with van der Waals surface area (Å²) in [6.07, 6.45) is 2.24. The molecular weight excluding hydrogens is 200 g/mol. The molecular formula is C13H22N2O. The van der Waals surface area contributed by atoms with Gasteiger partial charge in [-0.1, -0.05) is 0 Å². The largest absolute Gasteiger partial charge is 0.466 e. The summed E-state index contributed by atoms with van der Waals surface area (Å²) in [6, 6.07) is 4.80. The summed E-state index contributed by atoms with van der Waals surface area (Å²) in [4.78, 5) is 2.56. The number of furan rings is 1. The van der Waals surface area contributed by atoms with Crippen LogP contribution in [0.15, 0.2) is 16.5 Å². The SMILES string of the molecule is Cc1ccc(CCC(C)N2CCNCC2)o1. The van der Waals surface area contributed by atoms with Crippen LogP contribution in [0.5, 0.6) is 0 Å². The van der Waals surface area contributed by atoms with Crippen molar-refractivity contribution in [2.45, 2.75) is 32.7 Å². The highest BCUT2D eigenvalue weighted by Crippen LogP contribution is 2.13. The Labute approximate surface area is 97.8 Å². The third kappa shape index (κ3) is 3.09. The van der Waals surface area contributed by atoms with Crippen LogP contribution in [0.3, 0.4) is 0 Å². The minimum absolute atomic E-state index is 0.660. The molecule has 0 radical (unpaired) electrons. The molecule has 2 heterocycles. The van der Waals surface area contributed by atoms with Crippen LogP contribution in [-0.2, 0) is 6.42 Å². The molecule has 0 spiro atoms. The smallest absolute Gasteiger partial charge is 0.104 e. The van der Waals surface area contributed by atoms with Gasteiger partial charge in [-0.25, -0.2) is 0 Å². The standard InChI is InChI=1S/C13H22N2O/c1-11(15-9-7-14-8-10-15)3-5-13-6-4-12(2)16-13/h4,6,11,14H,3,5,7-10H2,1-2H3. The molecule has 1 unspecified atom stereocenters. The van der Waals surface area contributed by atoms with Crippen LogP contribution >= 0.6 is 0 Å². The number of piperazine rings is 1. The second-order valence-electron chi connectivity index (χ2n) is 4.69. The Hall–Kier alpha value is -0.800. The van der Waals surface area contributed by atoms with Crippen molar-refractivity contribution in [3.8, 4) is 0 Å². The molecule has 0 amide bonds. The van der Waals surface area contributed by atoms with E-state index in [0.29, 0.717) is 6.04 Å².